The van der Waals surface area contributed by atoms with E-state index in [1.807, 2.05) is 20.8 Å². The van der Waals surface area contributed by atoms with Crippen molar-refractivity contribution < 1.29 is 14.6 Å². The molecule has 16 heavy (non-hydrogen) atoms. The summed E-state index contributed by atoms with van der Waals surface area (Å²) in [6, 6.07) is 0. The van der Waals surface area contributed by atoms with Crippen LogP contribution in [0.5, 0.6) is 0 Å². The molecule has 0 aliphatic carbocycles. The Labute approximate surface area is 96.6 Å². The molecule has 0 saturated carbocycles. The van der Waals surface area contributed by atoms with E-state index in [1.165, 1.54) is 4.90 Å². The molecule has 3 N–H and O–H groups in total. The van der Waals surface area contributed by atoms with E-state index in [-0.39, 0.29) is 0 Å². The molecule has 1 heterocycles. The summed E-state index contributed by atoms with van der Waals surface area (Å²) in [5.41, 5.74) is 5.35. The number of ether oxygens (including phenoxy) is 1. The van der Waals surface area contributed by atoms with Gasteiger partial charge >= 0.3 is 6.09 Å². The van der Waals surface area contributed by atoms with E-state index in [9.17, 15) is 9.90 Å². The maximum atomic E-state index is 11.2. The van der Waals surface area contributed by atoms with Crippen LogP contribution in [0.15, 0.2) is 0 Å². The number of nitrogens with two attached hydrogens (primary N) is 1. The number of nitrogens with zero attached hydrogens (tertiary/aromatic N) is 1. The van der Waals surface area contributed by atoms with Crippen LogP contribution in [0.1, 0.15) is 33.6 Å². The van der Waals surface area contributed by atoms with Gasteiger partial charge in [-0.3, -0.25) is 0 Å². The van der Waals surface area contributed by atoms with Gasteiger partial charge in [-0.2, -0.15) is 0 Å². The lowest BCUT2D eigenvalue weighted by Crippen LogP contribution is -2.58. The third kappa shape index (κ3) is 3.35. The molecule has 1 aliphatic heterocycles. The normalized spacial score (nSPS) is 20.5. The molecule has 5 nitrogen and oxygen atoms in total. The van der Waals surface area contributed by atoms with Crippen LogP contribution < -0.4 is 5.73 Å². The lowest BCUT2D eigenvalue weighted by Gasteiger charge is -2.42. The van der Waals surface area contributed by atoms with Crippen molar-refractivity contribution in [1.82, 2.24) is 4.90 Å². The summed E-state index contributed by atoms with van der Waals surface area (Å²) in [4.78, 5) is 12.6. The van der Waals surface area contributed by atoms with Crippen molar-refractivity contribution in [2.75, 3.05) is 19.8 Å². The predicted molar refractivity (Wildman–Crippen MR) is 61.5 cm³/mol. The lowest BCUT2D eigenvalue weighted by molar-refractivity contribution is 0.0223. The topological polar surface area (TPSA) is 75.8 Å². The number of hydrogen-bond acceptors (Lipinski definition) is 3. The van der Waals surface area contributed by atoms with Gasteiger partial charge in [-0.15, -0.1) is 0 Å². The SMILES string of the molecule is CC(C)(C)N(CC1(N)CCOCC1)C(=O)O. The van der Waals surface area contributed by atoms with Crippen LogP contribution in [-0.2, 0) is 4.74 Å². The number of rotatable bonds is 2. The summed E-state index contributed by atoms with van der Waals surface area (Å²) in [5.74, 6) is 0. The average Bonchev–Trinajstić information content (AvgIpc) is 2.13. The zero-order chi connectivity index (χ0) is 12.4. The molecule has 94 valence electrons. The molecule has 0 aromatic rings. The zero-order valence-electron chi connectivity index (χ0n) is 10.3. The molecule has 1 amide bonds. The van der Waals surface area contributed by atoms with Crippen molar-refractivity contribution in [2.24, 2.45) is 5.73 Å². The number of carbonyl (C=O) groups is 1. The summed E-state index contributed by atoms with van der Waals surface area (Å²) in [6.45, 7) is 7.24. The summed E-state index contributed by atoms with van der Waals surface area (Å²) in [6.07, 6.45) is 0.517. The van der Waals surface area contributed by atoms with E-state index in [4.69, 9.17) is 10.5 Å². The third-order valence-electron chi connectivity index (χ3n) is 3.00. The molecule has 0 bridgehead atoms. The zero-order valence-corrected chi connectivity index (χ0v) is 10.3. The highest BCUT2D eigenvalue weighted by Crippen LogP contribution is 2.23. The minimum Gasteiger partial charge on any atom is -0.465 e. The Balaban J connectivity index is 2.71. The van der Waals surface area contributed by atoms with Gasteiger partial charge in [0, 0.05) is 30.8 Å². The Morgan fingerprint density at radius 2 is 1.94 bits per heavy atom. The molecular weight excluding hydrogens is 208 g/mol. The third-order valence-corrected chi connectivity index (χ3v) is 3.00. The molecule has 0 unspecified atom stereocenters. The second-order valence-corrected chi connectivity index (χ2v) is 5.51. The highest BCUT2D eigenvalue weighted by atomic mass is 16.5. The van der Waals surface area contributed by atoms with Crippen LogP contribution in [0.2, 0.25) is 0 Å². The largest absolute Gasteiger partial charge is 0.465 e. The summed E-state index contributed by atoms with van der Waals surface area (Å²) in [7, 11) is 0. The molecule has 1 fully saturated rings. The maximum Gasteiger partial charge on any atom is 0.407 e. The van der Waals surface area contributed by atoms with Crippen molar-refractivity contribution >= 4 is 6.09 Å². The minimum atomic E-state index is -0.913. The van der Waals surface area contributed by atoms with Gasteiger partial charge in [0.05, 0.1) is 0 Å². The van der Waals surface area contributed by atoms with Crippen molar-refractivity contribution in [2.45, 2.75) is 44.7 Å². The maximum absolute atomic E-state index is 11.2. The summed E-state index contributed by atoms with van der Waals surface area (Å²) in [5, 5.41) is 9.19. The van der Waals surface area contributed by atoms with Gasteiger partial charge in [0.15, 0.2) is 0 Å². The Morgan fingerprint density at radius 1 is 1.44 bits per heavy atom. The number of hydrogen-bond donors (Lipinski definition) is 2. The first-order valence-corrected chi connectivity index (χ1v) is 5.62. The van der Waals surface area contributed by atoms with Gasteiger partial charge in [0.2, 0.25) is 0 Å². The van der Waals surface area contributed by atoms with Crippen LogP contribution in [0.4, 0.5) is 4.79 Å². The highest BCUT2D eigenvalue weighted by Gasteiger charge is 2.36. The van der Waals surface area contributed by atoms with Gasteiger partial charge < -0.3 is 20.5 Å². The fourth-order valence-electron chi connectivity index (χ4n) is 1.84. The fraction of sp³-hybridized carbons (Fsp3) is 0.909. The van der Waals surface area contributed by atoms with Gasteiger partial charge in [-0.25, -0.2) is 4.79 Å². The number of amides is 1. The van der Waals surface area contributed by atoms with Gasteiger partial charge in [-0.1, -0.05) is 0 Å². The standard InChI is InChI=1S/C11H22N2O3/c1-10(2,3)13(9(14)15)8-11(12)4-6-16-7-5-11/h4-8,12H2,1-3H3,(H,14,15). The molecule has 0 radical (unpaired) electrons. The van der Waals surface area contributed by atoms with Crippen LogP contribution in [0.3, 0.4) is 0 Å². The second kappa shape index (κ2) is 4.59. The molecule has 1 aliphatic rings. The van der Waals surface area contributed by atoms with Crippen molar-refractivity contribution in [3.05, 3.63) is 0 Å². The smallest absolute Gasteiger partial charge is 0.407 e. The van der Waals surface area contributed by atoms with Crippen LogP contribution in [-0.4, -0.2) is 46.9 Å². The molecule has 0 spiro atoms. The Hall–Kier alpha value is -0.810. The number of carboxylic acid groups (broad SMARTS) is 1. The quantitative estimate of drug-likeness (QED) is 0.749. The van der Waals surface area contributed by atoms with Gasteiger partial charge in [0.25, 0.3) is 0 Å². The van der Waals surface area contributed by atoms with E-state index in [1.54, 1.807) is 0 Å². The van der Waals surface area contributed by atoms with Gasteiger partial charge in [-0.05, 0) is 33.6 Å². The molecular formula is C11H22N2O3. The highest BCUT2D eigenvalue weighted by molar-refractivity contribution is 5.66. The first kappa shape index (κ1) is 13.3. The molecule has 0 aromatic heterocycles. The molecule has 1 saturated heterocycles. The molecule has 5 heteroatoms. The second-order valence-electron chi connectivity index (χ2n) is 5.51. The molecule has 0 atom stereocenters. The van der Waals surface area contributed by atoms with Crippen LogP contribution in [0.25, 0.3) is 0 Å². The first-order valence-electron chi connectivity index (χ1n) is 5.62. The monoisotopic (exact) mass is 230 g/mol. The van der Waals surface area contributed by atoms with E-state index in [0.717, 1.165) is 0 Å². The predicted octanol–water partition coefficient (Wildman–Crippen LogP) is 1.27. The van der Waals surface area contributed by atoms with Crippen molar-refractivity contribution in [3.63, 3.8) is 0 Å². The first-order chi connectivity index (χ1) is 7.25. The summed E-state index contributed by atoms with van der Waals surface area (Å²) >= 11 is 0. The lowest BCUT2D eigenvalue weighted by atomic mass is 9.89. The van der Waals surface area contributed by atoms with E-state index in [0.29, 0.717) is 32.6 Å². The molecule has 1 rings (SSSR count). The van der Waals surface area contributed by atoms with E-state index in [2.05, 4.69) is 0 Å². The van der Waals surface area contributed by atoms with E-state index < -0.39 is 17.2 Å². The Morgan fingerprint density at radius 3 is 2.31 bits per heavy atom. The summed E-state index contributed by atoms with van der Waals surface area (Å²) < 4.78 is 5.25. The molecule has 0 aromatic carbocycles. The fourth-order valence-corrected chi connectivity index (χ4v) is 1.84. The van der Waals surface area contributed by atoms with Crippen LogP contribution >= 0.6 is 0 Å². The van der Waals surface area contributed by atoms with Crippen molar-refractivity contribution in [3.8, 4) is 0 Å². The van der Waals surface area contributed by atoms with E-state index >= 15 is 0 Å². The Kier molecular flexibility index (Phi) is 3.80. The average molecular weight is 230 g/mol. The minimum absolute atomic E-state index is 0.370. The van der Waals surface area contributed by atoms with Crippen molar-refractivity contribution in [1.29, 1.82) is 0 Å². The Bertz CT molecular complexity index is 254. The van der Waals surface area contributed by atoms with Crippen LogP contribution in [0, 0.1) is 0 Å². The van der Waals surface area contributed by atoms with Gasteiger partial charge in [0.1, 0.15) is 0 Å².